The van der Waals surface area contributed by atoms with Gasteiger partial charge >= 0.3 is 0 Å². The van der Waals surface area contributed by atoms with E-state index in [4.69, 9.17) is 10.5 Å². The zero-order chi connectivity index (χ0) is 11.7. The lowest BCUT2D eigenvalue weighted by Crippen LogP contribution is -2.16. The number of carbonyl (C=O) groups excluding carboxylic acids is 1. The Morgan fingerprint density at radius 3 is 3.06 bits per heavy atom. The van der Waals surface area contributed by atoms with Gasteiger partial charge < -0.3 is 15.8 Å². The molecule has 1 heterocycles. The minimum Gasteiger partial charge on any atom is -0.383 e. The predicted molar refractivity (Wildman–Crippen MR) is 57.5 cm³/mol. The highest BCUT2D eigenvalue weighted by Crippen LogP contribution is 2.29. The summed E-state index contributed by atoms with van der Waals surface area (Å²) in [6, 6.07) is 2.72. The summed E-state index contributed by atoms with van der Waals surface area (Å²) in [4.78, 5) is 11.1. The average molecular weight is 224 g/mol. The number of halogens is 1. The Balaban J connectivity index is 2.34. The summed E-state index contributed by atoms with van der Waals surface area (Å²) >= 11 is 0. The fourth-order valence-electron chi connectivity index (χ4n) is 1.81. The number of benzene rings is 1. The Bertz CT molecular complexity index is 434. The van der Waals surface area contributed by atoms with Crippen LogP contribution in [0.3, 0.4) is 0 Å². The summed E-state index contributed by atoms with van der Waals surface area (Å²) < 4.78 is 18.5. The van der Waals surface area contributed by atoms with Crippen LogP contribution in [0.25, 0.3) is 0 Å². The van der Waals surface area contributed by atoms with E-state index in [1.165, 1.54) is 13.2 Å². The number of ether oxygens (including phenoxy) is 1. The molecule has 1 aliphatic rings. The van der Waals surface area contributed by atoms with Gasteiger partial charge in [0.2, 0.25) is 5.91 Å². The molecule has 0 aromatic heterocycles. The molecule has 0 radical (unpaired) electrons. The van der Waals surface area contributed by atoms with Crippen molar-refractivity contribution in [1.29, 1.82) is 0 Å². The molecule has 1 atom stereocenters. The first-order valence-electron chi connectivity index (χ1n) is 4.98. The topological polar surface area (TPSA) is 64.3 Å². The number of carbonyl (C=O) groups is 1. The molecule has 1 aromatic carbocycles. The molecule has 16 heavy (non-hydrogen) atoms. The van der Waals surface area contributed by atoms with Gasteiger partial charge in [-0.3, -0.25) is 4.79 Å². The van der Waals surface area contributed by atoms with Crippen molar-refractivity contribution in [3.05, 3.63) is 29.1 Å². The third kappa shape index (κ3) is 1.91. The van der Waals surface area contributed by atoms with Gasteiger partial charge in [0.25, 0.3) is 0 Å². The highest BCUT2D eigenvalue weighted by molar-refractivity contribution is 5.99. The lowest BCUT2D eigenvalue weighted by Gasteiger charge is -2.12. The predicted octanol–water partition coefficient (Wildman–Crippen LogP) is 0.967. The summed E-state index contributed by atoms with van der Waals surface area (Å²) in [5.41, 5.74) is 7.39. The molecular formula is C11H13FN2O2. The van der Waals surface area contributed by atoms with Gasteiger partial charge in [-0.25, -0.2) is 4.39 Å². The van der Waals surface area contributed by atoms with Gasteiger partial charge in [0.15, 0.2) is 0 Å². The molecule has 1 amide bonds. The number of hydrogen-bond acceptors (Lipinski definition) is 3. The van der Waals surface area contributed by atoms with Crippen LogP contribution in [0.1, 0.15) is 17.2 Å². The standard InChI is InChI=1S/C11H13FN2O2/c1-16-5-9(13)6-2-7-4-10(15)14-11(7)8(12)3-6/h2-3,9H,4-5,13H2,1H3,(H,14,15). The maximum atomic E-state index is 13.6. The van der Waals surface area contributed by atoms with Crippen molar-refractivity contribution in [2.75, 3.05) is 19.0 Å². The summed E-state index contributed by atoms with van der Waals surface area (Å²) in [5.74, 6) is -0.628. The van der Waals surface area contributed by atoms with Gasteiger partial charge in [-0.05, 0) is 17.2 Å². The van der Waals surface area contributed by atoms with Gasteiger partial charge in [0.1, 0.15) is 5.82 Å². The quantitative estimate of drug-likeness (QED) is 0.804. The maximum Gasteiger partial charge on any atom is 0.228 e. The number of fused-ring (bicyclic) bond motifs is 1. The highest BCUT2D eigenvalue weighted by Gasteiger charge is 2.23. The number of methoxy groups -OCH3 is 1. The molecule has 0 saturated heterocycles. The maximum absolute atomic E-state index is 13.6. The average Bonchev–Trinajstić information content (AvgIpc) is 2.59. The molecule has 0 saturated carbocycles. The van der Waals surface area contributed by atoms with Crippen LogP contribution in [0.4, 0.5) is 10.1 Å². The largest absolute Gasteiger partial charge is 0.383 e. The third-order valence-corrected chi connectivity index (χ3v) is 2.58. The van der Waals surface area contributed by atoms with Crippen molar-refractivity contribution >= 4 is 11.6 Å². The Kier molecular flexibility index (Phi) is 2.89. The molecule has 0 spiro atoms. The summed E-state index contributed by atoms with van der Waals surface area (Å²) in [7, 11) is 1.54. The summed E-state index contributed by atoms with van der Waals surface area (Å²) in [6.45, 7) is 0.319. The zero-order valence-electron chi connectivity index (χ0n) is 8.92. The van der Waals surface area contributed by atoms with Crippen LogP contribution < -0.4 is 11.1 Å². The van der Waals surface area contributed by atoms with Gasteiger partial charge in [0, 0.05) is 7.11 Å². The van der Waals surface area contributed by atoms with E-state index < -0.39 is 5.82 Å². The van der Waals surface area contributed by atoms with E-state index >= 15 is 0 Å². The second kappa shape index (κ2) is 4.19. The molecular weight excluding hydrogens is 211 g/mol. The molecule has 4 nitrogen and oxygen atoms in total. The molecule has 5 heteroatoms. The van der Waals surface area contributed by atoms with Crippen molar-refractivity contribution in [2.24, 2.45) is 5.73 Å². The number of anilines is 1. The highest BCUT2D eigenvalue weighted by atomic mass is 19.1. The fourth-order valence-corrected chi connectivity index (χ4v) is 1.81. The summed E-state index contributed by atoms with van der Waals surface area (Å²) in [6.07, 6.45) is 0.208. The molecule has 0 fully saturated rings. The Morgan fingerprint density at radius 1 is 1.62 bits per heavy atom. The van der Waals surface area contributed by atoms with Crippen LogP contribution in [-0.4, -0.2) is 19.6 Å². The number of nitrogens with two attached hydrogens (primary N) is 1. The van der Waals surface area contributed by atoms with Crippen molar-refractivity contribution in [2.45, 2.75) is 12.5 Å². The van der Waals surface area contributed by atoms with E-state index in [1.54, 1.807) is 6.07 Å². The fraction of sp³-hybridized carbons (Fsp3) is 0.364. The zero-order valence-corrected chi connectivity index (χ0v) is 8.92. The van der Waals surface area contributed by atoms with Crippen molar-refractivity contribution < 1.29 is 13.9 Å². The van der Waals surface area contributed by atoms with Crippen molar-refractivity contribution in [3.8, 4) is 0 Å². The van der Waals surface area contributed by atoms with Crippen LogP contribution in [0, 0.1) is 5.82 Å². The van der Waals surface area contributed by atoms with Gasteiger partial charge in [-0.15, -0.1) is 0 Å². The van der Waals surface area contributed by atoms with Crippen molar-refractivity contribution in [3.63, 3.8) is 0 Å². The lowest BCUT2D eigenvalue weighted by atomic mass is 10.0. The van der Waals surface area contributed by atoms with E-state index in [0.29, 0.717) is 17.7 Å². The SMILES string of the molecule is COCC(N)c1cc(F)c2c(c1)CC(=O)N2. The monoisotopic (exact) mass is 224 g/mol. The molecule has 1 aromatic rings. The van der Waals surface area contributed by atoms with E-state index in [1.807, 2.05) is 0 Å². The molecule has 86 valence electrons. The van der Waals surface area contributed by atoms with Crippen LogP contribution in [0.15, 0.2) is 12.1 Å². The second-order valence-electron chi connectivity index (χ2n) is 3.82. The van der Waals surface area contributed by atoms with E-state index in [2.05, 4.69) is 5.32 Å². The minimum atomic E-state index is -0.440. The van der Waals surface area contributed by atoms with Crippen LogP contribution >= 0.6 is 0 Å². The molecule has 1 unspecified atom stereocenters. The molecule has 1 aliphatic heterocycles. The Hall–Kier alpha value is -1.46. The van der Waals surface area contributed by atoms with Crippen LogP contribution in [0.2, 0.25) is 0 Å². The first kappa shape index (κ1) is 11.0. The molecule has 3 N–H and O–H groups in total. The van der Waals surface area contributed by atoms with E-state index in [-0.39, 0.29) is 24.1 Å². The van der Waals surface area contributed by atoms with Gasteiger partial charge in [-0.2, -0.15) is 0 Å². The molecule has 0 aliphatic carbocycles. The van der Waals surface area contributed by atoms with Gasteiger partial charge in [-0.1, -0.05) is 6.07 Å². The third-order valence-electron chi connectivity index (χ3n) is 2.58. The second-order valence-corrected chi connectivity index (χ2v) is 3.82. The minimum absolute atomic E-state index is 0.189. The van der Waals surface area contributed by atoms with Gasteiger partial charge in [0.05, 0.1) is 24.8 Å². The van der Waals surface area contributed by atoms with Crippen molar-refractivity contribution in [1.82, 2.24) is 0 Å². The van der Waals surface area contributed by atoms with E-state index in [9.17, 15) is 9.18 Å². The molecule has 2 rings (SSSR count). The first-order valence-corrected chi connectivity index (χ1v) is 4.98. The number of hydrogen-bond donors (Lipinski definition) is 2. The molecule has 0 bridgehead atoms. The normalized spacial score (nSPS) is 15.8. The smallest absolute Gasteiger partial charge is 0.228 e. The van der Waals surface area contributed by atoms with Crippen LogP contribution in [0.5, 0.6) is 0 Å². The van der Waals surface area contributed by atoms with Crippen LogP contribution in [-0.2, 0) is 16.0 Å². The Morgan fingerprint density at radius 2 is 2.38 bits per heavy atom. The number of rotatable bonds is 3. The summed E-state index contributed by atoms with van der Waals surface area (Å²) in [5, 5.41) is 2.48. The first-order chi connectivity index (χ1) is 7.61. The number of nitrogens with one attached hydrogen (secondary N) is 1. The van der Waals surface area contributed by atoms with E-state index in [0.717, 1.165) is 0 Å². The number of amides is 1. The Labute approximate surface area is 92.6 Å². The lowest BCUT2D eigenvalue weighted by molar-refractivity contribution is -0.115.